The number of carbonyl (C=O) groups excluding carboxylic acids is 1. The molecule has 0 unspecified atom stereocenters. The van der Waals surface area contributed by atoms with Crippen molar-refractivity contribution in [2.45, 2.75) is 26.4 Å². The topological polar surface area (TPSA) is 51.7 Å². The molecule has 0 radical (unpaired) electrons. The van der Waals surface area contributed by atoms with Crippen molar-refractivity contribution in [1.29, 1.82) is 0 Å². The number of esters is 1. The van der Waals surface area contributed by atoms with E-state index in [4.69, 9.17) is 9.47 Å². The van der Waals surface area contributed by atoms with Gasteiger partial charge in [-0.05, 0) is 32.9 Å². The maximum Gasteiger partial charge on any atom is 0.357 e. The van der Waals surface area contributed by atoms with Crippen LogP contribution >= 0.6 is 0 Å². The van der Waals surface area contributed by atoms with Crippen LogP contribution in [0.1, 0.15) is 31.3 Å². The van der Waals surface area contributed by atoms with Gasteiger partial charge in [0.25, 0.3) is 0 Å². The van der Waals surface area contributed by atoms with Gasteiger partial charge >= 0.3 is 5.97 Å². The van der Waals surface area contributed by atoms with Crippen molar-refractivity contribution in [3.8, 4) is 0 Å². The fourth-order valence-corrected chi connectivity index (χ4v) is 1.85. The first-order chi connectivity index (χ1) is 8.96. The van der Waals surface area contributed by atoms with Crippen LogP contribution in [0.25, 0.3) is 0 Å². The van der Waals surface area contributed by atoms with Crippen molar-refractivity contribution >= 4 is 11.7 Å². The molecular formula is C14H20N2O3. The molecule has 1 aromatic heterocycles. The highest BCUT2D eigenvalue weighted by Gasteiger charge is 2.19. The first-order valence-electron chi connectivity index (χ1n) is 6.48. The highest BCUT2D eigenvalue weighted by molar-refractivity contribution is 5.87. The first-order valence-corrected chi connectivity index (χ1v) is 6.48. The van der Waals surface area contributed by atoms with Crippen LogP contribution in [0.5, 0.6) is 0 Å². The summed E-state index contributed by atoms with van der Waals surface area (Å²) in [6.45, 7) is 8.69. The number of ether oxygens (including phenoxy) is 2. The summed E-state index contributed by atoms with van der Waals surface area (Å²) in [6, 6.07) is 3.61. The van der Waals surface area contributed by atoms with Crippen molar-refractivity contribution in [3.63, 3.8) is 0 Å². The summed E-state index contributed by atoms with van der Waals surface area (Å²) in [5.41, 5.74) is 0.851. The summed E-state index contributed by atoms with van der Waals surface area (Å²) in [7, 11) is 0. The van der Waals surface area contributed by atoms with Gasteiger partial charge in [-0.15, -0.1) is 0 Å². The lowest BCUT2D eigenvalue weighted by molar-refractivity contribution is 0.00628. The fourth-order valence-electron chi connectivity index (χ4n) is 1.85. The monoisotopic (exact) mass is 264 g/mol. The maximum absolute atomic E-state index is 11.8. The third-order valence-corrected chi connectivity index (χ3v) is 2.73. The third-order valence-electron chi connectivity index (χ3n) is 2.73. The third kappa shape index (κ3) is 3.92. The van der Waals surface area contributed by atoms with Gasteiger partial charge in [0.05, 0.1) is 25.1 Å². The molecule has 0 amide bonds. The number of nitrogens with zero attached hydrogens (tertiary/aromatic N) is 2. The van der Waals surface area contributed by atoms with Crippen LogP contribution in [-0.2, 0) is 9.47 Å². The van der Waals surface area contributed by atoms with Crippen LogP contribution in [0.3, 0.4) is 0 Å². The zero-order chi connectivity index (χ0) is 13.9. The molecule has 19 heavy (non-hydrogen) atoms. The average Bonchev–Trinajstić information content (AvgIpc) is 2.38. The van der Waals surface area contributed by atoms with Gasteiger partial charge < -0.3 is 14.4 Å². The molecule has 0 N–H and O–H groups in total. The highest BCUT2D eigenvalue weighted by atomic mass is 16.6. The lowest BCUT2D eigenvalue weighted by atomic mass is 10.2. The van der Waals surface area contributed by atoms with Gasteiger partial charge in [0.15, 0.2) is 0 Å². The number of rotatable bonds is 2. The molecule has 104 valence electrons. The molecule has 2 heterocycles. The van der Waals surface area contributed by atoms with Gasteiger partial charge in [0.2, 0.25) is 0 Å². The Kier molecular flexibility index (Phi) is 4.04. The van der Waals surface area contributed by atoms with Gasteiger partial charge in [0.1, 0.15) is 11.3 Å². The predicted octanol–water partition coefficient (Wildman–Crippen LogP) is 1.87. The second-order valence-electron chi connectivity index (χ2n) is 5.50. The van der Waals surface area contributed by atoms with Gasteiger partial charge in [-0.1, -0.05) is 0 Å². The molecule has 0 saturated carbocycles. The second-order valence-corrected chi connectivity index (χ2v) is 5.50. The van der Waals surface area contributed by atoms with Crippen LogP contribution in [0, 0.1) is 0 Å². The molecule has 5 heteroatoms. The predicted molar refractivity (Wildman–Crippen MR) is 72.4 cm³/mol. The summed E-state index contributed by atoms with van der Waals surface area (Å²) in [5, 5.41) is 0. The Labute approximate surface area is 113 Å². The number of anilines is 1. The van der Waals surface area contributed by atoms with E-state index in [9.17, 15) is 4.79 Å². The molecule has 0 spiro atoms. The number of hydrogen-bond donors (Lipinski definition) is 0. The molecular weight excluding hydrogens is 244 g/mol. The molecule has 0 atom stereocenters. The Bertz CT molecular complexity index is 431. The molecule has 0 bridgehead atoms. The Hall–Kier alpha value is -1.62. The maximum atomic E-state index is 11.8. The van der Waals surface area contributed by atoms with E-state index in [0.717, 1.165) is 32.0 Å². The molecule has 1 fully saturated rings. The van der Waals surface area contributed by atoms with Crippen molar-refractivity contribution in [2.75, 3.05) is 31.2 Å². The van der Waals surface area contributed by atoms with Gasteiger partial charge in [0, 0.05) is 13.1 Å². The van der Waals surface area contributed by atoms with Crippen LogP contribution in [0.4, 0.5) is 5.69 Å². The van der Waals surface area contributed by atoms with E-state index in [1.54, 1.807) is 12.3 Å². The Morgan fingerprint density at radius 1 is 1.32 bits per heavy atom. The lowest BCUT2D eigenvalue weighted by Gasteiger charge is -2.28. The largest absolute Gasteiger partial charge is 0.455 e. The quantitative estimate of drug-likeness (QED) is 0.763. The minimum Gasteiger partial charge on any atom is -0.455 e. The smallest absolute Gasteiger partial charge is 0.357 e. The number of carbonyl (C=O) groups is 1. The zero-order valence-corrected chi connectivity index (χ0v) is 11.7. The highest BCUT2D eigenvalue weighted by Crippen LogP contribution is 2.16. The van der Waals surface area contributed by atoms with E-state index >= 15 is 0 Å². The summed E-state index contributed by atoms with van der Waals surface area (Å²) in [6.07, 6.45) is 1.71. The van der Waals surface area contributed by atoms with Gasteiger partial charge in [-0.3, -0.25) is 0 Å². The van der Waals surface area contributed by atoms with Gasteiger partial charge in [-0.25, -0.2) is 9.78 Å². The molecule has 0 aliphatic carbocycles. The SMILES string of the molecule is CC(C)(C)OC(=O)c1ccc(N2CCOCC2)cn1. The van der Waals surface area contributed by atoms with E-state index < -0.39 is 5.60 Å². The zero-order valence-electron chi connectivity index (χ0n) is 11.7. The number of morpholine rings is 1. The average molecular weight is 264 g/mol. The van der Waals surface area contributed by atoms with Crippen LogP contribution in [-0.4, -0.2) is 42.9 Å². The normalized spacial score (nSPS) is 16.3. The van der Waals surface area contributed by atoms with Crippen LogP contribution < -0.4 is 4.90 Å². The van der Waals surface area contributed by atoms with E-state index in [-0.39, 0.29) is 5.97 Å². The van der Waals surface area contributed by atoms with E-state index in [0.29, 0.717) is 5.69 Å². The Morgan fingerprint density at radius 2 is 2.00 bits per heavy atom. The first kappa shape index (κ1) is 13.8. The second kappa shape index (κ2) is 5.57. The fraction of sp³-hybridized carbons (Fsp3) is 0.571. The number of aromatic nitrogens is 1. The van der Waals surface area contributed by atoms with E-state index in [2.05, 4.69) is 9.88 Å². The number of pyridine rings is 1. The van der Waals surface area contributed by atoms with Crippen molar-refractivity contribution in [1.82, 2.24) is 4.98 Å². The number of hydrogen-bond acceptors (Lipinski definition) is 5. The summed E-state index contributed by atoms with van der Waals surface area (Å²) in [4.78, 5) is 18.2. The Morgan fingerprint density at radius 3 is 2.53 bits per heavy atom. The molecule has 2 rings (SSSR count). The molecule has 5 nitrogen and oxygen atoms in total. The van der Waals surface area contributed by atoms with E-state index in [1.165, 1.54) is 0 Å². The molecule has 1 saturated heterocycles. The summed E-state index contributed by atoms with van der Waals surface area (Å²) >= 11 is 0. The molecule has 1 aliphatic heterocycles. The molecule has 1 aromatic rings. The van der Waals surface area contributed by atoms with Crippen LogP contribution in [0.15, 0.2) is 18.3 Å². The molecule has 1 aliphatic rings. The van der Waals surface area contributed by atoms with Crippen molar-refractivity contribution < 1.29 is 14.3 Å². The summed E-state index contributed by atoms with van der Waals surface area (Å²) in [5.74, 6) is -0.388. The minimum atomic E-state index is -0.498. The lowest BCUT2D eigenvalue weighted by Crippen LogP contribution is -2.36. The van der Waals surface area contributed by atoms with Gasteiger partial charge in [-0.2, -0.15) is 0 Å². The van der Waals surface area contributed by atoms with Crippen molar-refractivity contribution in [2.24, 2.45) is 0 Å². The standard InChI is InChI=1S/C14H20N2O3/c1-14(2,3)19-13(17)12-5-4-11(10-15-12)16-6-8-18-9-7-16/h4-5,10H,6-9H2,1-3H3. The summed E-state index contributed by atoms with van der Waals surface area (Å²) < 4.78 is 10.6. The van der Waals surface area contributed by atoms with E-state index in [1.807, 2.05) is 26.8 Å². The minimum absolute atomic E-state index is 0.340. The van der Waals surface area contributed by atoms with Crippen LogP contribution in [0.2, 0.25) is 0 Å². The molecule has 0 aromatic carbocycles. The Balaban J connectivity index is 2.03. The van der Waals surface area contributed by atoms with Crippen molar-refractivity contribution in [3.05, 3.63) is 24.0 Å².